The van der Waals surface area contributed by atoms with Gasteiger partial charge in [0.1, 0.15) is 12.6 Å². The average Bonchev–Trinajstić information content (AvgIpc) is 3.22. The van der Waals surface area contributed by atoms with Crippen molar-refractivity contribution in [1.29, 1.82) is 0 Å². The van der Waals surface area contributed by atoms with Gasteiger partial charge in [0, 0.05) is 18.1 Å². The highest BCUT2D eigenvalue weighted by atomic mass is 16.5. The van der Waals surface area contributed by atoms with Gasteiger partial charge in [-0.3, -0.25) is 9.59 Å². The lowest BCUT2D eigenvalue weighted by atomic mass is 10.0. The van der Waals surface area contributed by atoms with E-state index in [0.29, 0.717) is 17.7 Å². The number of nitrogens with zero attached hydrogens (tertiary/aromatic N) is 2. The van der Waals surface area contributed by atoms with Crippen LogP contribution in [0.4, 0.5) is 5.69 Å². The zero-order chi connectivity index (χ0) is 21.8. The Morgan fingerprint density at radius 3 is 2.71 bits per heavy atom. The molecule has 1 saturated heterocycles. The highest BCUT2D eigenvalue weighted by molar-refractivity contribution is 5.97. The van der Waals surface area contributed by atoms with Gasteiger partial charge in [-0.15, -0.1) is 0 Å². The topological polar surface area (TPSA) is 91.0 Å². The summed E-state index contributed by atoms with van der Waals surface area (Å²) in [5.41, 5.74) is 5.27. The van der Waals surface area contributed by atoms with Crippen LogP contribution < -0.4 is 10.7 Å². The molecule has 2 aromatic rings. The minimum Gasteiger partial charge on any atom is -0.462 e. The molecule has 2 heterocycles. The molecule has 160 valence electrons. The molecule has 8 nitrogen and oxygen atoms in total. The number of anilines is 1. The molecular formula is C23H24N4O4. The molecule has 2 aliphatic rings. The van der Waals surface area contributed by atoms with Crippen molar-refractivity contribution in [1.82, 2.24) is 15.3 Å². The van der Waals surface area contributed by atoms with Crippen molar-refractivity contribution >= 4 is 23.5 Å². The second-order valence-electron chi connectivity index (χ2n) is 7.36. The smallest absolute Gasteiger partial charge is 0.338 e. The minimum absolute atomic E-state index is 0.0409. The molecule has 2 unspecified atom stereocenters. The fraction of sp³-hybridized carbons (Fsp3) is 0.261. The SMILES string of the molecule is CCOC(=O)c1cccc(NC(=O)CN2C=CN3NC(c4ccccc4)CC3C2=O)c1. The van der Waals surface area contributed by atoms with Crippen molar-refractivity contribution in [3.8, 4) is 0 Å². The molecule has 2 aromatic carbocycles. The quantitative estimate of drug-likeness (QED) is 0.698. The van der Waals surface area contributed by atoms with Crippen molar-refractivity contribution in [2.24, 2.45) is 0 Å². The van der Waals surface area contributed by atoms with Gasteiger partial charge in [-0.25, -0.2) is 10.2 Å². The number of carbonyl (C=O) groups is 3. The molecule has 8 heteroatoms. The largest absolute Gasteiger partial charge is 0.462 e. The van der Waals surface area contributed by atoms with Crippen LogP contribution in [-0.2, 0) is 14.3 Å². The molecule has 0 radical (unpaired) electrons. The van der Waals surface area contributed by atoms with Crippen LogP contribution in [0.5, 0.6) is 0 Å². The van der Waals surface area contributed by atoms with Gasteiger partial charge in [0.2, 0.25) is 5.91 Å². The normalized spacial score (nSPS) is 19.8. The van der Waals surface area contributed by atoms with Crippen LogP contribution in [0, 0.1) is 0 Å². The Balaban J connectivity index is 1.37. The third kappa shape index (κ3) is 4.59. The summed E-state index contributed by atoms with van der Waals surface area (Å²) in [6, 6.07) is 16.2. The van der Waals surface area contributed by atoms with Gasteiger partial charge in [0.15, 0.2) is 0 Å². The summed E-state index contributed by atoms with van der Waals surface area (Å²) in [5.74, 6) is -0.934. The number of nitrogens with one attached hydrogen (secondary N) is 2. The van der Waals surface area contributed by atoms with Crippen LogP contribution in [0.15, 0.2) is 67.0 Å². The summed E-state index contributed by atoms with van der Waals surface area (Å²) < 4.78 is 4.98. The Bertz CT molecular complexity index is 1010. The number of hydrogen-bond acceptors (Lipinski definition) is 6. The number of carbonyl (C=O) groups excluding carboxylic acids is 3. The first kappa shape index (κ1) is 20.6. The van der Waals surface area contributed by atoms with Gasteiger partial charge < -0.3 is 20.0 Å². The molecule has 0 bridgehead atoms. The van der Waals surface area contributed by atoms with Crippen LogP contribution in [0.2, 0.25) is 0 Å². The van der Waals surface area contributed by atoms with E-state index in [1.165, 1.54) is 4.90 Å². The van der Waals surface area contributed by atoms with E-state index in [-0.39, 0.29) is 37.0 Å². The Kier molecular flexibility index (Phi) is 5.99. The molecule has 0 aromatic heterocycles. The molecule has 4 rings (SSSR count). The van der Waals surface area contributed by atoms with E-state index >= 15 is 0 Å². The van der Waals surface area contributed by atoms with Crippen LogP contribution in [-0.4, -0.2) is 46.9 Å². The zero-order valence-corrected chi connectivity index (χ0v) is 17.2. The van der Waals surface area contributed by atoms with E-state index in [2.05, 4.69) is 10.7 Å². The third-order valence-electron chi connectivity index (χ3n) is 5.25. The zero-order valence-electron chi connectivity index (χ0n) is 17.2. The lowest BCUT2D eigenvalue weighted by Crippen LogP contribution is -2.49. The highest BCUT2D eigenvalue weighted by Crippen LogP contribution is 2.30. The number of amides is 2. The minimum atomic E-state index is -0.450. The second kappa shape index (κ2) is 9.01. The summed E-state index contributed by atoms with van der Waals surface area (Å²) in [4.78, 5) is 38.8. The van der Waals surface area contributed by atoms with E-state index in [1.54, 1.807) is 48.6 Å². The first-order valence-corrected chi connectivity index (χ1v) is 10.2. The maximum absolute atomic E-state index is 12.9. The summed E-state index contributed by atoms with van der Waals surface area (Å²) in [6.45, 7) is 1.89. The molecule has 0 saturated carbocycles. The Morgan fingerprint density at radius 2 is 1.94 bits per heavy atom. The predicted octanol–water partition coefficient (Wildman–Crippen LogP) is 2.44. The van der Waals surface area contributed by atoms with Gasteiger partial charge in [-0.1, -0.05) is 36.4 Å². The van der Waals surface area contributed by atoms with Crippen molar-refractivity contribution in [2.45, 2.75) is 25.4 Å². The monoisotopic (exact) mass is 420 g/mol. The summed E-state index contributed by atoms with van der Waals surface area (Å²) in [6.07, 6.45) is 4.00. The molecule has 1 fully saturated rings. The molecular weight excluding hydrogens is 396 g/mol. The molecule has 2 atom stereocenters. The van der Waals surface area contributed by atoms with E-state index < -0.39 is 5.97 Å². The number of hydrogen-bond donors (Lipinski definition) is 2. The molecule has 0 aliphatic carbocycles. The average molecular weight is 420 g/mol. The van der Waals surface area contributed by atoms with Gasteiger partial charge in [0.05, 0.1) is 18.2 Å². The van der Waals surface area contributed by atoms with Gasteiger partial charge in [-0.2, -0.15) is 0 Å². The number of hydrazine groups is 1. The van der Waals surface area contributed by atoms with Crippen LogP contribution in [0.25, 0.3) is 0 Å². The van der Waals surface area contributed by atoms with Crippen molar-refractivity contribution in [3.05, 3.63) is 78.1 Å². The van der Waals surface area contributed by atoms with Gasteiger partial charge in [-0.05, 0) is 37.1 Å². The summed E-state index contributed by atoms with van der Waals surface area (Å²) >= 11 is 0. The number of esters is 1. The van der Waals surface area contributed by atoms with Crippen molar-refractivity contribution in [2.75, 3.05) is 18.5 Å². The number of benzene rings is 2. The lowest BCUT2D eigenvalue weighted by molar-refractivity contribution is -0.137. The number of ether oxygens (including phenoxy) is 1. The fourth-order valence-corrected chi connectivity index (χ4v) is 3.76. The second-order valence-corrected chi connectivity index (χ2v) is 7.36. The highest BCUT2D eigenvalue weighted by Gasteiger charge is 2.40. The first-order chi connectivity index (χ1) is 15.0. The summed E-state index contributed by atoms with van der Waals surface area (Å²) in [5, 5.41) is 4.54. The van der Waals surface area contributed by atoms with Crippen LogP contribution in [0.1, 0.15) is 35.3 Å². The molecule has 0 spiro atoms. The van der Waals surface area contributed by atoms with Crippen LogP contribution in [0.3, 0.4) is 0 Å². The summed E-state index contributed by atoms with van der Waals surface area (Å²) in [7, 11) is 0. The number of fused-ring (bicyclic) bond motifs is 1. The molecule has 2 aliphatic heterocycles. The first-order valence-electron chi connectivity index (χ1n) is 10.2. The van der Waals surface area contributed by atoms with E-state index in [0.717, 1.165) is 5.56 Å². The third-order valence-corrected chi connectivity index (χ3v) is 5.25. The fourth-order valence-electron chi connectivity index (χ4n) is 3.76. The van der Waals surface area contributed by atoms with E-state index in [4.69, 9.17) is 4.74 Å². The Morgan fingerprint density at radius 1 is 1.13 bits per heavy atom. The van der Waals surface area contributed by atoms with E-state index in [9.17, 15) is 14.4 Å². The Hall–Kier alpha value is -3.65. The maximum Gasteiger partial charge on any atom is 0.338 e. The molecule has 31 heavy (non-hydrogen) atoms. The van der Waals surface area contributed by atoms with Crippen LogP contribution >= 0.6 is 0 Å². The van der Waals surface area contributed by atoms with Gasteiger partial charge >= 0.3 is 5.97 Å². The van der Waals surface area contributed by atoms with E-state index in [1.807, 2.05) is 30.3 Å². The maximum atomic E-state index is 12.9. The molecule has 2 N–H and O–H groups in total. The van der Waals surface area contributed by atoms with Gasteiger partial charge in [0.25, 0.3) is 5.91 Å². The standard InChI is InChI=1S/C23H24N4O4/c1-2-31-23(30)17-9-6-10-18(13-17)24-21(28)15-26-11-12-27-20(22(26)29)14-19(25-27)16-7-4-3-5-8-16/h3-13,19-20,25H,2,14-15H2,1H3,(H,24,28). The predicted molar refractivity (Wildman–Crippen MR) is 114 cm³/mol. The van der Waals surface area contributed by atoms with Crippen molar-refractivity contribution in [3.63, 3.8) is 0 Å². The molecule has 2 amide bonds. The van der Waals surface area contributed by atoms with Crippen molar-refractivity contribution < 1.29 is 19.1 Å². The number of rotatable bonds is 6. The lowest BCUT2D eigenvalue weighted by Gasteiger charge is -2.31. The Labute approximate surface area is 180 Å².